The smallest absolute Gasteiger partial charge is 0.221 e. The fraction of sp³-hybridized carbons (Fsp3) is 0.188. The van der Waals surface area contributed by atoms with Crippen molar-refractivity contribution in [3.05, 3.63) is 63.9 Å². The van der Waals surface area contributed by atoms with E-state index in [0.29, 0.717) is 22.0 Å². The van der Waals surface area contributed by atoms with E-state index in [-0.39, 0.29) is 12.3 Å². The summed E-state index contributed by atoms with van der Waals surface area (Å²) in [6, 6.07) is 9.87. The molecule has 22 heavy (non-hydrogen) atoms. The molecule has 2 rings (SSSR count). The topological polar surface area (TPSA) is 65.8 Å². The summed E-state index contributed by atoms with van der Waals surface area (Å²) in [6.07, 6.45) is 4.25. The molecule has 0 unspecified atom stereocenters. The number of aromatic nitrogens is 1. The summed E-state index contributed by atoms with van der Waals surface area (Å²) in [5.74, 6) is -0.207. The van der Waals surface area contributed by atoms with Gasteiger partial charge in [-0.3, -0.25) is 9.78 Å². The molecule has 0 saturated carbocycles. The summed E-state index contributed by atoms with van der Waals surface area (Å²) in [4.78, 5) is 16.0. The van der Waals surface area contributed by atoms with Crippen LogP contribution in [0, 0.1) is 11.3 Å². The van der Waals surface area contributed by atoms with E-state index in [1.807, 2.05) is 18.2 Å². The van der Waals surface area contributed by atoms with Gasteiger partial charge < -0.3 is 5.32 Å². The molecular formula is C16H13Cl2N3O. The first-order valence-electron chi connectivity index (χ1n) is 6.63. The highest BCUT2D eigenvalue weighted by atomic mass is 35.5. The van der Waals surface area contributed by atoms with Crippen LogP contribution in [0.5, 0.6) is 0 Å². The number of nitriles is 1. The molecule has 1 atom stereocenters. The number of nitrogens with one attached hydrogen (secondary N) is 1. The van der Waals surface area contributed by atoms with Crippen molar-refractivity contribution in [3.8, 4) is 6.07 Å². The number of hydrogen-bond acceptors (Lipinski definition) is 3. The molecular weight excluding hydrogens is 321 g/mol. The fourth-order valence-corrected chi connectivity index (χ4v) is 2.23. The minimum atomic E-state index is -0.754. The highest BCUT2D eigenvalue weighted by Crippen LogP contribution is 2.25. The maximum Gasteiger partial charge on any atom is 0.221 e. The number of carbonyl (C=O) groups is 1. The van der Waals surface area contributed by atoms with E-state index in [4.69, 9.17) is 23.2 Å². The van der Waals surface area contributed by atoms with Crippen LogP contribution in [-0.2, 0) is 11.2 Å². The van der Waals surface area contributed by atoms with E-state index >= 15 is 0 Å². The van der Waals surface area contributed by atoms with Gasteiger partial charge in [0.2, 0.25) is 5.91 Å². The average molecular weight is 334 g/mol. The maximum atomic E-state index is 12.0. The van der Waals surface area contributed by atoms with Gasteiger partial charge in [0, 0.05) is 18.8 Å². The molecule has 0 aliphatic rings. The third kappa shape index (κ3) is 4.45. The van der Waals surface area contributed by atoms with Crippen LogP contribution in [0.25, 0.3) is 0 Å². The van der Waals surface area contributed by atoms with Crippen LogP contribution in [0.15, 0.2) is 42.7 Å². The van der Waals surface area contributed by atoms with E-state index in [2.05, 4.69) is 10.3 Å². The Labute approximate surface area is 138 Å². The van der Waals surface area contributed by atoms with Crippen molar-refractivity contribution in [2.45, 2.75) is 18.9 Å². The molecule has 0 aliphatic carbocycles. The highest BCUT2D eigenvalue weighted by Gasteiger charge is 2.15. The van der Waals surface area contributed by atoms with Gasteiger partial charge in [-0.15, -0.1) is 0 Å². The van der Waals surface area contributed by atoms with E-state index in [1.54, 1.807) is 30.6 Å². The van der Waals surface area contributed by atoms with Crippen molar-refractivity contribution in [1.29, 1.82) is 5.26 Å². The molecule has 1 aromatic heterocycles. The Morgan fingerprint density at radius 1 is 1.32 bits per heavy atom. The van der Waals surface area contributed by atoms with Crippen LogP contribution in [0.2, 0.25) is 10.0 Å². The zero-order valence-corrected chi connectivity index (χ0v) is 13.1. The van der Waals surface area contributed by atoms with Gasteiger partial charge in [-0.05, 0) is 35.7 Å². The van der Waals surface area contributed by atoms with E-state index in [0.717, 1.165) is 5.56 Å². The second-order valence-electron chi connectivity index (χ2n) is 4.66. The summed E-state index contributed by atoms with van der Waals surface area (Å²) in [5.41, 5.74) is 1.58. The molecule has 1 aromatic carbocycles. The van der Waals surface area contributed by atoms with Crippen molar-refractivity contribution in [1.82, 2.24) is 10.3 Å². The van der Waals surface area contributed by atoms with Crippen LogP contribution in [0.4, 0.5) is 0 Å². The van der Waals surface area contributed by atoms with Gasteiger partial charge in [-0.2, -0.15) is 5.26 Å². The van der Waals surface area contributed by atoms with Gasteiger partial charge in [0.05, 0.1) is 16.1 Å². The summed E-state index contributed by atoms with van der Waals surface area (Å²) in [7, 11) is 0. The van der Waals surface area contributed by atoms with Crippen molar-refractivity contribution in [2.75, 3.05) is 0 Å². The Hall–Kier alpha value is -2.09. The molecule has 112 valence electrons. The fourth-order valence-electron chi connectivity index (χ4n) is 1.92. The van der Waals surface area contributed by atoms with Crippen molar-refractivity contribution >= 4 is 29.1 Å². The van der Waals surface area contributed by atoms with Crippen LogP contribution >= 0.6 is 23.2 Å². The third-order valence-electron chi connectivity index (χ3n) is 3.07. The predicted octanol–water partition coefficient (Wildman–Crippen LogP) is 3.70. The monoisotopic (exact) mass is 333 g/mol. The molecule has 4 nitrogen and oxygen atoms in total. The first kappa shape index (κ1) is 16.3. The molecule has 1 heterocycles. The van der Waals surface area contributed by atoms with Crippen LogP contribution < -0.4 is 5.32 Å². The first-order valence-corrected chi connectivity index (χ1v) is 7.38. The molecule has 1 amide bonds. The van der Waals surface area contributed by atoms with Crippen molar-refractivity contribution < 1.29 is 4.79 Å². The minimum absolute atomic E-state index is 0.207. The summed E-state index contributed by atoms with van der Waals surface area (Å²) in [6.45, 7) is 0. The molecule has 0 fully saturated rings. The largest absolute Gasteiger partial charge is 0.337 e. The van der Waals surface area contributed by atoms with E-state index in [9.17, 15) is 10.1 Å². The van der Waals surface area contributed by atoms with Crippen LogP contribution in [-0.4, -0.2) is 10.9 Å². The maximum absolute atomic E-state index is 12.0. The number of aryl methyl sites for hydroxylation is 1. The molecule has 0 saturated heterocycles. The van der Waals surface area contributed by atoms with Gasteiger partial charge in [-0.1, -0.05) is 35.3 Å². The van der Waals surface area contributed by atoms with Gasteiger partial charge in [0.1, 0.15) is 6.04 Å². The Kier molecular flexibility index (Phi) is 5.76. The van der Waals surface area contributed by atoms with Gasteiger partial charge >= 0.3 is 0 Å². The quantitative estimate of drug-likeness (QED) is 0.907. The van der Waals surface area contributed by atoms with Crippen LogP contribution in [0.3, 0.4) is 0 Å². The normalized spacial score (nSPS) is 11.5. The van der Waals surface area contributed by atoms with Crippen molar-refractivity contribution in [3.63, 3.8) is 0 Å². The molecule has 2 aromatic rings. The zero-order valence-electron chi connectivity index (χ0n) is 11.6. The number of pyridine rings is 1. The summed E-state index contributed by atoms with van der Waals surface area (Å²) in [5, 5.41) is 12.7. The Morgan fingerprint density at radius 3 is 2.77 bits per heavy atom. The summed E-state index contributed by atoms with van der Waals surface area (Å²) < 4.78 is 0. The second kappa shape index (κ2) is 7.79. The predicted molar refractivity (Wildman–Crippen MR) is 85.5 cm³/mol. The van der Waals surface area contributed by atoms with Gasteiger partial charge in [-0.25, -0.2) is 0 Å². The lowest BCUT2D eigenvalue weighted by molar-refractivity contribution is -0.121. The Morgan fingerprint density at radius 2 is 2.14 bits per heavy atom. The number of amides is 1. The second-order valence-corrected chi connectivity index (χ2v) is 5.48. The van der Waals surface area contributed by atoms with Gasteiger partial charge in [0.25, 0.3) is 0 Å². The van der Waals surface area contributed by atoms with E-state index < -0.39 is 6.04 Å². The SMILES string of the molecule is N#C[C@H](NC(=O)CCc1cccnc1)c1ccc(Cl)c(Cl)c1. The lowest BCUT2D eigenvalue weighted by atomic mass is 10.1. The number of carbonyl (C=O) groups excluding carboxylic acids is 1. The molecule has 0 spiro atoms. The van der Waals surface area contributed by atoms with Gasteiger partial charge in [0.15, 0.2) is 0 Å². The molecule has 0 radical (unpaired) electrons. The lowest BCUT2D eigenvalue weighted by Gasteiger charge is -2.12. The Balaban J connectivity index is 1.96. The Bertz CT molecular complexity index is 698. The number of halogens is 2. The minimum Gasteiger partial charge on any atom is -0.337 e. The summed E-state index contributed by atoms with van der Waals surface area (Å²) >= 11 is 11.8. The molecule has 1 N–H and O–H groups in total. The molecule has 0 aliphatic heterocycles. The first-order chi connectivity index (χ1) is 10.6. The van der Waals surface area contributed by atoms with E-state index in [1.165, 1.54) is 0 Å². The molecule has 0 bridgehead atoms. The standard InChI is InChI=1S/C16H13Cl2N3O/c17-13-5-4-12(8-14(13)18)15(9-19)21-16(22)6-3-11-2-1-7-20-10-11/h1-2,4-5,7-8,10,15H,3,6H2,(H,21,22)/t15-/m0/s1. The number of rotatable bonds is 5. The number of hydrogen-bond donors (Lipinski definition) is 1. The number of benzene rings is 1. The molecule has 6 heteroatoms. The van der Waals surface area contributed by atoms with Crippen LogP contribution in [0.1, 0.15) is 23.6 Å². The average Bonchev–Trinajstić information content (AvgIpc) is 2.54. The number of nitrogens with zero attached hydrogens (tertiary/aromatic N) is 2. The van der Waals surface area contributed by atoms with Crippen molar-refractivity contribution in [2.24, 2.45) is 0 Å². The highest BCUT2D eigenvalue weighted by molar-refractivity contribution is 6.42. The lowest BCUT2D eigenvalue weighted by Crippen LogP contribution is -2.27. The third-order valence-corrected chi connectivity index (χ3v) is 3.81. The zero-order chi connectivity index (χ0) is 15.9.